The minimum atomic E-state index is 0.334. The SMILES string of the molecule is CCCNC(c1cscc1Br)C1CCCCO1. The molecule has 2 atom stereocenters. The lowest BCUT2D eigenvalue weighted by atomic mass is 9.97. The molecule has 1 aliphatic rings. The third-order valence-corrected chi connectivity index (χ3v) is 4.93. The Balaban J connectivity index is 2.09. The van der Waals surface area contributed by atoms with Gasteiger partial charge in [0.25, 0.3) is 0 Å². The van der Waals surface area contributed by atoms with Crippen LogP contribution in [0.5, 0.6) is 0 Å². The predicted octanol–water partition coefficient (Wildman–Crippen LogP) is 4.12. The predicted molar refractivity (Wildman–Crippen MR) is 76.6 cm³/mol. The Kier molecular flexibility index (Phi) is 5.48. The fourth-order valence-corrected chi connectivity index (χ4v) is 3.86. The highest BCUT2D eigenvalue weighted by Crippen LogP contribution is 2.33. The van der Waals surface area contributed by atoms with E-state index in [9.17, 15) is 0 Å². The summed E-state index contributed by atoms with van der Waals surface area (Å²) in [5.41, 5.74) is 1.36. The van der Waals surface area contributed by atoms with Crippen LogP contribution in [0.2, 0.25) is 0 Å². The van der Waals surface area contributed by atoms with Crippen molar-refractivity contribution in [2.45, 2.75) is 44.8 Å². The van der Waals surface area contributed by atoms with E-state index < -0.39 is 0 Å². The Labute approximate surface area is 116 Å². The van der Waals surface area contributed by atoms with Gasteiger partial charge in [-0.2, -0.15) is 11.3 Å². The van der Waals surface area contributed by atoms with Crippen molar-refractivity contribution in [1.29, 1.82) is 0 Å². The van der Waals surface area contributed by atoms with E-state index in [1.54, 1.807) is 11.3 Å². The topological polar surface area (TPSA) is 21.3 Å². The van der Waals surface area contributed by atoms with E-state index in [1.807, 2.05) is 0 Å². The largest absolute Gasteiger partial charge is 0.376 e. The van der Waals surface area contributed by atoms with Gasteiger partial charge in [-0.15, -0.1) is 0 Å². The Morgan fingerprint density at radius 1 is 1.53 bits per heavy atom. The normalized spacial score (nSPS) is 22.6. The monoisotopic (exact) mass is 317 g/mol. The first-order valence-corrected chi connectivity index (χ1v) is 8.13. The standard InChI is InChI=1S/C13H20BrNOS/c1-2-6-15-13(10-8-17-9-11(10)14)12-5-3-4-7-16-12/h8-9,12-13,15H,2-7H2,1H3. The third kappa shape index (κ3) is 3.53. The highest BCUT2D eigenvalue weighted by atomic mass is 79.9. The summed E-state index contributed by atoms with van der Waals surface area (Å²) in [5, 5.41) is 8.02. The van der Waals surface area contributed by atoms with Gasteiger partial charge in [0.2, 0.25) is 0 Å². The van der Waals surface area contributed by atoms with Gasteiger partial charge in [-0.3, -0.25) is 0 Å². The molecule has 2 rings (SSSR count). The van der Waals surface area contributed by atoms with Crippen molar-refractivity contribution in [3.63, 3.8) is 0 Å². The number of rotatable bonds is 5. The van der Waals surface area contributed by atoms with Crippen LogP contribution in [0.1, 0.15) is 44.2 Å². The molecule has 0 amide bonds. The number of nitrogens with one attached hydrogen (secondary N) is 1. The second kappa shape index (κ2) is 6.88. The second-order valence-electron chi connectivity index (χ2n) is 4.51. The van der Waals surface area contributed by atoms with Crippen molar-refractivity contribution in [2.24, 2.45) is 0 Å². The van der Waals surface area contributed by atoms with Crippen LogP contribution < -0.4 is 5.32 Å². The summed E-state index contributed by atoms with van der Waals surface area (Å²) in [6.07, 6.45) is 5.16. The van der Waals surface area contributed by atoms with Gasteiger partial charge in [0.15, 0.2) is 0 Å². The first-order chi connectivity index (χ1) is 8.33. The maximum absolute atomic E-state index is 5.94. The summed E-state index contributed by atoms with van der Waals surface area (Å²) in [5.74, 6) is 0. The first kappa shape index (κ1) is 13.5. The van der Waals surface area contributed by atoms with Gasteiger partial charge in [0.1, 0.15) is 0 Å². The number of ether oxygens (including phenoxy) is 1. The molecule has 2 unspecified atom stereocenters. The van der Waals surface area contributed by atoms with Crippen molar-refractivity contribution in [1.82, 2.24) is 5.32 Å². The summed E-state index contributed by atoms with van der Waals surface area (Å²) in [6, 6.07) is 0.343. The van der Waals surface area contributed by atoms with Crippen LogP contribution in [0.25, 0.3) is 0 Å². The third-order valence-electron chi connectivity index (χ3n) is 3.18. The Hall–Kier alpha value is 0.1000. The van der Waals surface area contributed by atoms with Crippen LogP contribution in [0.15, 0.2) is 15.2 Å². The summed E-state index contributed by atoms with van der Waals surface area (Å²) < 4.78 is 7.15. The average molecular weight is 318 g/mol. The van der Waals surface area contributed by atoms with Crippen molar-refractivity contribution in [2.75, 3.05) is 13.2 Å². The van der Waals surface area contributed by atoms with Crippen molar-refractivity contribution in [3.8, 4) is 0 Å². The molecule has 0 aliphatic carbocycles. The highest BCUT2D eigenvalue weighted by molar-refractivity contribution is 9.10. The van der Waals surface area contributed by atoms with Crippen LogP contribution in [0.4, 0.5) is 0 Å². The zero-order chi connectivity index (χ0) is 12.1. The molecule has 0 bridgehead atoms. The van der Waals surface area contributed by atoms with Crippen molar-refractivity contribution >= 4 is 27.3 Å². The van der Waals surface area contributed by atoms with Gasteiger partial charge in [-0.05, 0) is 59.1 Å². The lowest BCUT2D eigenvalue weighted by molar-refractivity contribution is -0.00820. The molecule has 2 nitrogen and oxygen atoms in total. The summed E-state index contributed by atoms with van der Waals surface area (Å²) in [7, 11) is 0. The van der Waals surface area contributed by atoms with Crippen molar-refractivity contribution < 1.29 is 4.74 Å². The maximum atomic E-state index is 5.94. The highest BCUT2D eigenvalue weighted by Gasteiger charge is 2.27. The lowest BCUT2D eigenvalue weighted by Crippen LogP contribution is -2.36. The molecular formula is C13H20BrNOS. The molecule has 2 heterocycles. The van der Waals surface area contributed by atoms with Gasteiger partial charge < -0.3 is 10.1 Å². The van der Waals surface area contributed by atoms with Crippen LogP contribution in [0.3, 0.4) is 0 Å². The van der Waals surface area contributed by atoms with E-state index >= 15 is 0 Å². The van der Waals surface area contributed by atoms with Crippen LogP contribution in [-0.2, 0) is 4.74 Å². The molecule has 0 saturated carbocycles. The molecule has 1 aliphatic heterocycles. The van der Waals surface area contributed by atoms with E-state index in [0.29, 0.717) is 12.1 Å². The first-order valence-electron chi connectivity index (χ1n) is 6.39. The molecule has 96 valence electrons. The second-order valence-corrected chi connectivity index (χ2v) is 6.11. The average Bonchev–Trinajstić information content (AvgIpc) is 2.78. The van der Waals surface area contributed by atoms with E-state index in [4.69, 9.17) is 4.74 Å². The van der Waals surface area contributed by atoms with Crippen LogP contribution in [0, 0.1) is 0 Å². The minimum Gasteiger partial charge on any atom is -0.376 e. The zero-order valence-electron chi connectivity index (χ0n) is 10.2. The molecule has 17 heavy (non-hydrogen) atoms. The van der Waals surface area contributed by atoms with Gasteiger partial charge in [-0.25, -0.2) is 0 Å². The van der Waals surface area contributed by atoms with Gasteiger partial charge in [0, 0.05) is 16.5 Å². The fraction of sp³-hybridized carbons (Fsp3) is 0.692. The van der Waals surface area contributed by atoms with E-state index in [-0.39, 0.29) is 0 Å². The molecular weight excluding hydrogens is 298 g/mol. The molecule has 0 radical (unpaired) electrons. The number of hydrogen-bond donors (Lipinski definition) is 1. The van der Waals surface area contributed by atoms with E-state index in [1.165, 1.54) is 29.3 Å². The van der Waals surface area contributed by atoms with Crippen LogP contribution >= 0.6 is 27.3 Å². The summed E-state index contributed by atoms with van der Waals surface area (Å²) in [6.45, 7) is 4.16. The van der Waals surface area contributed by atoms with Gasteiger partial charge in [-0.1, -0.05) is 6.92 Å². The minimum absolute atomic E-state index is 0.334. The summed E-state index contributed by atoms with van der Waals surface area (Å²) in [4.78, 5) is 0. The maximum Gasteiger partial charge on any atom is 0.0770 e. The molecule has 1 aromatic rings. The summed E-state index contributed by atoms with van der Waals surface area (Å²) >= 11 is 5.39. The molecule has 4 heteroatoms. The molecule has 0 spiro atoms. The van der Waals surface area contributed by atoms with Gasteiger partial charge >= 0.3 is 0 Å². The Morgan fingerprint density at radius 3 is 3.00 bits per heavy atom. The van der Waals surface area contributed by atoms with E-state index in [2.05, 4.69) is 38.9 Å². The Morgan fingerprint density at radius 2 is 2.41 bits per heavy atom. The van der Waals surface area contributed by atoms with E-state index in [0.717, 1.165) is 19.6 Å². The Bertz CT molecular complexity index is 336. The fourth-order valence-electron chi connectivity index (χ4n) is 2.28. The van der Waals surface area contributed by atoms with Crippen LogP contribution in [-0.4, -0.2) is 19.3 Å². The molecule has 1 N–H and O–H groups in total. The number of hydrogen-bond acceptors (Lipinski definition) is 3. The number of halogens is 1. The molecule has 1 fully saturated rings. The molecule has 1 saturated heterocycles. The number of thiophene rings is 1. The van der Waals surface area contributed by atoms with Gasteiger partial charge in [0.05, 0.1) is 12.1 Å². The molecule has 1 aromatic heterocycles. The van der Waals surface area contributed by atoms with Crippen molar-refractivity contribution in [3.05, 3.63) is 20.8 Å². The lowest BCUT2D eigenvalue weighted by Gasteiger charge is -2.31. The smallest absolute Gasteiger partial charge is 0.0770 e. The zero-order valence-corrected chi connectivity index (χ0v) is 12.6. The molecule has 0 aromatic carbocycles. The quantitative estimate of drug-likeness (QED) is 0.882.